The lowest BCUT2D eigenvalue weighted by atomic mass is 10.0. The van der Waals surface area contributed by atoms with Crippen LogP contribution < -0.4 is 0 Å². The van der Waals surface area contributed by atoms with Crippen LogP contribution in [-0.4, -0.2) is 41.9 Å². The van der Waals surface area contributed by atoms with Crippen molar-refractivity contribution >= 4 is 11.8 Å². The van der Waals surface area contributed by atoms with Crippen LogP contribution in [0, 0.1) is 5.92 Å². The fourth-order valence-corrected chi connectivity index (χ4v) is 3.30. The average molecular weight is 331 g/mol. The van der Waals surface area contributed by atoms with Crippen LogP contribution in [0.1, 0.15) is 56.5 Å². The molecule has 0 aliphatic carbocycles. The van der Waals surface area contributed by atoms with E-state index in [9.17, 15) is 9.59 Å². The van der Waals surface area contributed by atoms with Gasteiger partial charge in [0, 0.05) is 5.56 Å². The summed E-state index contributed by atoms with van der Waals surface area (Å²) in [6, 6.07) is 7.26. The zero-order valence-corrected chi connectivity index (χ0v) is 15.2. The van der Waals surface area contributed by atoms with E-state index in [1.807, 2.05) is 38.1 Å². The van der Waals surface area contributed by atoms with E-state index >= 15 is 0 Å². The summed E-state index contributed by atoms with van der Waals surface area (Å²) in [7, 11) is 0. The first-order chi connectivity index (χ1) is 11.4. The lowest BCUT2D eigenvalue weighted by molar-refractivity contribution is -0.154. The van der Waals surface area contributed by atoms with Crippen molar-refractivity contribution < 1.29 is 14.3 Å². The molecule has 0 radical (unpaired) electrons. The summed E-state index contributed by atoms with van der Waals surface area (Å²) < 4.78 is 5.53. The molecule has 4 nitrogen and oxygen atoms in total. The fraction of sp³-hybridized carbons (Fsp3) is 0.600. The van der Waals surface area contributed by atoms with Gasteiger partial charge in [0.2, 0.25) is 5.78 Å². The van der Waals surface area contributed by atoms with Gasteiger partial charge < -0.3 is 4.74 Å². The van der Waals surface area contributed by atoms with Gasteiger partial charge in [-0.25, -0.2) is 0 Å². The van der Waals surface area contributed by atoms with E-state index in [4.69, 9.17) is 4.74 Å². The van der Waals surface area contributed by atoms with Gasteiger partial charge in [-0.3, -0.25) is 14.5 Å². The number of rotatable bonds is 7. The molecule has 2 rings (SSSR count). The van der Waals surface area contributed by atoms with Crippen LogP contribution in [0.2, 0.25) is 0 Å². The van der Waals surface area contributed by atoms with Crippen molar-refractivity contribution in [3.05, 3.63) is 35.4 Å². The molecule has 132 valence electrons. The molecule has 0 N–H and O–H groups in total. The van der Waals surface area contributed by atoms with E-state index < -0.39 is 6.10 Å². The highest BCUT2D eigenvalue weighted by Gasteiger charge is 2.33. The number of ketones is 1. The third-order valence-electron chi connectivity index (χ3n) is 4.72. The molecule has 1 aromatic carbocycles. The molecular weight excluding hydrogens is 302 g/mol. The van der Waals surface area contributed by atoms with Crippen LogP contribution in [0.15, 0.2) is 24.3 Å². The predicted molar refractivity (Wildman–Crippen MR) is 95.1 cm³/mol. The van der Waals surface area contributed by atoms with Crippen LogP contribution in [0.25, 0.3) is 0 Å². The van der Waals surface area contributed by atoms with E-state index in [0.29, 0.717) is 5.56 Å². The first kappa shape index (κ1) is 18.7. The second kappa shape index (κ2) is 8.43. The van der Waals surface area contributed by atoms with Gasteiger partial charge in [-0.05, 0) is 50.8 Å². The Balaban J connectivity index is 2.01. The maximum absolute atomic E-state index is 12.6. The van der Waals surface area contributed by atoms with Crippen molar-refractivity contribution in [2.75, 3.05) is 13.1 Å². The van der Waals surface area contributed by atoms with E-state index in [2.05, 4.69) is 11.8 Å². The highest BCUT2D eigenvalue weighted by atomic mass is 16.5. The summed E-state index contributed by atoms with van der Waals surface area (Å²) >= 11 is 0. The molecule has 1 heterocycles. The third-order valence-corrected chi connectivity index (χ3v) is 4.72. The quantitative estimate of drug-likeness (QED) is 0.567. The molecule has 4 heteroatoms. The van der Waals surface area contributed by atoms with Crippen LogP contribution in [0.4, 0.5) is 0 Å². The number of benzene rings is 1. The van der Waals surface area contributed by atoms with Crippen molar-refractivity contribution in [1.29, 1.82) is 0 Å². The third kappa shape index (κ3) is 4.44. The Bertz CT molecular complexity index is 559. The maximum Gasteiger partial charge on any atom is 0.324 e. The second-order valence-electron chi connectivity index (χ2n) is 6.93. The lowest BCUT2D eigenvalue weighted by Crippen LogP contribution is -2.45. The molecule has 0 spiro atoms. The molecule has 1 aliphatic heterocycles. The van der Waals surface area contributed by atoms with Gasteiger partial charge in [0.05, 0.1) is 0 Å². The van der Waals surface area contributed by atoms with Gasteiger partial charge >= 0.3 is 5.97 Å². The molecule has 1 aromatic rings. The number of carbonyl (C=O) groups is 2. The minimum absolute atomic E-state index is 0.144. The number of likely N-dealkylation sites (tertiary alicyclic amines) is 1. The highest BCUT2D eigenvalue weighted by molar-refractivity contribution is 6.00. The van der Waals surface area contributed by atoms with Gasteiger partial charge in [-0.2, -0.15) is 0 Å². The normalized spacial score (nSPS) is 17.7. The number of esters is 1. The van der Waals surface area contributed by atoms with Crippen LogP contribution in [0.5, 0.6) is 0 Å². The molecule has 1 fully saturated rings. The number of nitrogens with zero attached hydrogens (tertiary/aromatic N) is 1. The monoisotopic (exact) mass is 331 g/mol. The summed E-state index contributed by atoms with van der Waals surface area (Å²) in [4.78, 5) is 27.3. The number of carbonyl (C=O) groups excluding carboxylic acids is 2. The molecule has 0 bridgehead atoms. The molecule has 2 atom stereocenters. The van der Waals surface area contributed by atoms with E-state index in [1.165, 1.54) is 5.56 Å². The summed E-state index contributed by atoms with van der Waals surface area (Å²) in [6.45, 7) is 9.65. The van der Waals surface area contributed by atoms with Gasteiger partial charge in [-0.15, -0.1) is 0 Å². The van der Waals surface area contributed by atoms with Crippen molar-refractivity contribution in [2.45, 2.75) is 59.1 Å². The van der Waals surface area contributed by atoms with E-state index in [0.717, 1.165) is 32.4 Å². The van der Waals surface area contributed by atoms with Crippen molar-refractivity contribution in [3.63, 3.8) is 0 Å². The SMILES string of the molecule is CCc1ccc(C(=O)[C@@H](C)OC(=O)[C@@H](C(C)C)N2CCCC2)cc1. The zero-order valence-electron chi connectivity index (χ0n) is 15.2. The summed E-state index contributed by atoms with van der Waals surface area (Å²) in [6.07, 6.45) is 2.42. The minimum Gasteiger partial charge on any atom is -0.453 e. The Hall–Kier alpha value is -1.68. The molecule has 24 heavy (non-hydrogen) atoms. The Kier molecular flexibility index (Phi) is 6.55. The van der Waals surface area contributed by atoms with Gasteiger partial charge in [-0.1, -0.05) is 45.0 Å². The largest absolute Gasteiger partial charge is 0.453 e. The molecular formula is C20H29NO3. The van der Waals surface area contributed by atoms with Crippen LogP contribution >= 0.6 is 0 Å². The first-order valence-electron chi connectivity index (χ1n) is 9.01. The number of aryl methyl sites for hydroxylation is 1. The number of Topliss-reactive ketones (excluding diaryl/α,β-unsaturated/α-hetero) is 1. The molecule has 0 amide bonds. The highest BCUT2D eigenvalue weighted by Crippen LogP contribution is 2.20. The van der Waals surface area contributed by atoms with Crippen LogP contribution in [0.3, 0.4) is 0 Å². The van der Waals surface area contributed by atoms with Crippen LogP contribution in [-0.2, 0) is 16.0 Å². The summed E-state index contributed by atoms with van der Waals surface area (Å²) in [5.41, 5.74) is 1.78. The first-order valence-corrected chi connectivity index (χ1v) is 9.01. The molecule has 1 saturated heterocycles. The smallest absolute Gasteiger partial charge is 0.324 e. The number of hydrogen-bond acceptors (Lipinski definition) is 4. The topological polar surface area (TPSA) is 46.6 Å². The van der Waals surface area contributed by atoms with Crippen molar-refractivity contribution in [3.8, 4) is 0 Å². The number of ether oxygens (including phenoxy) is 1. The van der Waals surface area contributed by atoms with Gasteiger partial charge in [0.25, 0.3) is 0 Å². The van der Waals surface area contributed by atoms with Gasteiger partial charge in [0.1, 0.15) is 6.04 Å². The predicted octanol–water partition coefficient (Wildman–Crippen LogP) is 3.48. The van der Waals surface area contributed by atoms with E-state index in [-0.39, 0.29) is 23.7 Å². The molecule has 0 saturated carbocycles. The lowest BCUT2D eigenvalue weighted by Gasteiger charge is -2.29. The average Bonchev–Trinajstić information content (AvgIpc) is 3.07. The standard InChI is InChI=1S/C20H29NO3/c1-5-16-8-10-17(11-9-16)19(22)15(4)24-20(23)18(14(2)3)21-12-6-7-13-21/h8-11,14-15,18H,5-7,12-13H2,1-4H3/t15-,18-/m1/s1. The fourth-order valence-electron chi connectivity index (χ4n) is 3.30. The second-order valence-corrected chi connectivity index (χ2v) is 6.93. The Morgan fingerprint density at radius 3 is 2.17 bits per heavy atom. The van der Waals surface area contributed by atoms with Crippen molar-refractivity contribution in [2.24, 2.45) is 5.92 Å². The summed E-state index contributed by atoms with van der Waals surface area (Å²) in [5, 5.41) is 0. The Morgan fingerprint density at radius 2 is 1.67 bits per heavy atom. The Morgan fingerprint density at radius 1 is 1.08 bits per heavy atom. The number of hydrogen-bond donors (Lipinski definition) is 0. The molecule has 1 aliphatic rings. The maximum atomic E-state index is 12.6. The minimum atomic E-state index is -0.756. The molecule has 0 aromatic heterocycles. The zero-order chi connectivity index (χ0) is 17.7. The Labute approximate surface area is 145 Å². The van der Waals surface area contributed by atoms with Crippen molar-refractivity contribution in [1.82, 2.24) is 4.90 Å². The molecule has 0 unspecified atom stereocenters. The van der Waals surface area contributed by atoms with E-state index in [1.54, 1.807) is 6.92 Å². The summed E-state index contributed by atoms with van der Waals surface area (Å²) in [5.74, 6) is -0.255. The van der Waals surface area contributed by atoms with Gasteiger partial charge in [0.15, 0.2) is 6.10 Å².